The van der Waals surface area contributed by atoms with Gasteiger partial charge in [-0.05, 0) is 55.9 Å². The van der Waals surface area contributed by atoms with E-state index in [1.165, 1.54) is 12.1 Å². The van der Waals surface area contributed by atoms with E-state index in [2.05, 4.69) is 44.2 Å². The normalized spacial score (nSPS) is 16.2. The van der Waals surface area contributed by atoms with Gasteiger partial charge in [-0.3, -0.25) is 0 Å². The van der Waals surface area contributed by atoms with Crippen molar-refractivity contribution in [3.05, 3.63) is 60.7 Å². The molecule has 4 aromatic rings. The zero-order valence-corrected chi connectivity index (χ0v) is 24.1. The van der Waals surface area contributed by atoms with Gasteiger partial charge < -0.3 is 34.8 Å². The molecule has 0 radical (unpaired) electrons. The molecular formula is C30H37FN10O. The molecule has 0 aliphatic carbocycles. The molecule has 0 atom stereocenters. The molecule has 0 bridgehead atoms. The van der Waals surface area contributed by atoms with Gasteiger partial charge in [-0.2, -0.15) is 9.97 Å². The van der Waals surface area contributed by atoms with Gasteiger partial charge in [0.25, 0.3) is 0 Å². The summed E-state index contributed by atoms with van der Waals surface area (Å²) in [4.78, 5) is 36.1. The standard InChI is InChI=1S/C30H37FN10O/c1-3-37-12-14-40(15-13-37)29-35-27(26-28(36-29)38(4-2)21-32-26)33-23-6-5-7-24(20-23)34-30(42)41-18-16-39(17-19-41)25-10-8-22(31)9-11-25/h5-11,20-21H,3-4,12-19H2,1-2H3,(H,34,42)(H,33,35,36). The summed E-state index contributed by atoms with van der Waals surface area (Å²) >= 11 is 0. The van der Waals surface area contributed by atoms with Gasteiger partial charge in [0.15, 0.2) is 17.0 Å². The van der Waals surface area contributed by atoms with Gasteiger partial charge in [-0.15, -0.1) is 0 Å². The number of hydrogen-bond acceptors (Lipinski definition) is 8. The van der Waals surface area contributed by atoms with Gasteiger partial charge in [0, 0.05) is 76.0 Å². The topological polar surface area (TPSA) is 97.7 Å². The van der Waals surface area contributed by atoms with Crippen LogP contribution in [-0.4, -0.2) is 94.3 Å². The number of anilines is 5. The van der Waals surface area contributed by atoms with Gasteiger partial charge in [0.2, 0.25) is 5.95 Å². The van der Waals surface area contributed by atoms with Gasteiger partial charge >= 0.3 is 6.03 Å². The van der Waals surface area contributed by atoms with Crippen LogP contribution in [0.15, 0.2) is 54.9 Å². The first-order valence-electron chi connectivity index (χ1n) is 14.6. The minimum atomic E-state index is -0.251. The molecule has 0 unspecified atom stereocenters. The molecule has 2 aliphatic heterocycles. The number of carbonyl (C=O) groups is 1. The summed E-state index contributed by atoms with van der Waals surface area (Å²) in [6.07, 6.45) is 1.80. The smallest absolute Gasteiger partial charge is 0.321 e. The summed E-state index contributed by atoms with van der Waals surface area (Å²) in [5.74, 6) is 1.08. The van der Waals surface area contributed by atoms with Crippen LogP contribution in [0, 0.1) is 5.82 Å². The number of rotatable bonds is 7. The number of hydrogen-bond donors (Lipinski definition) is 2. The fourth-order valence-corrected chi connectivity index (χ4v) is 5.49. The van der Waals surface area contributed by atoms with Crippen LogP contribution in [0.4, 0.5) is 38.0 Å². The molecule has 11 nitrogen and oxygen atoms in total. The number of aromatic nitrogens is 4. The Morgan fingerprint density at radius 2 is 1.57 bits per heavy atom. The van der Waals surface area contributed by atoms with Crippen LogP contribution in [0.1, 0.15) is 13.8 Å². The fraction of sp³-hybridized carbons (Fsp3) is 0.400. The molecule has 2 aromatic heterocycles. The number of benzene rings is 2. The maximum atomic E-state index is 13.3. The summed E-state index contributed by atoms with van der Waals surface area (Å²) in [6, 6.07) is 13.9. The fourth-order valence-electron chi connectivity index (χ4n) is 5.49. The monoisotopic (exact) mass is 572 g/mol. The quantitative estimate of drug-likeness (QED) is 0.340. The Morgan fingerprint density at radius 1 is 0.857 bits per heavy atom. The molecule has 2 fully saturated rings. The molecule has 42 heavy (non-hydrogen) atoms. The summed E-state index contributed by atoms with van der Waals surface area (Å²) in [6.45, 7) is 12.3. The van der Waals surface area contributed by atoms with E-state index in [0.29, 0.717) is 49.1 Å². The minimum absolute atomic E-state index is 0.148. The second-order valence-electron chi connectivity index (χ2n) is 10.6. The SMILES string of the molecule is CCN1CCN(c2nc(Nc3cccc(NC(=O)N4CCN(c5ccc(F)cc5)CC4)c3)c3ncn(CC)c3n2)CC1. The van der Waals surface area contributed by atoms with Crippen LogP contribution in [0.5, 0.6) is 0 Å². The Balaban J connectivity index is 1.14. The largest absolute Gasteiger partial charge is 0.368 e. The van der Waals surface area contributed by atoms with Gasteiger partial charge in [-0.1, -0.05) is 13.0 Å². The van der Waals surface area contributed by atoms with Crippen LogP contribution >= 0.6 is 0 Å². The summed E-state index contributed by atoms with van der Waals surface area (Å²) in [7, 11) is 0. The van der Waals surface area contributed by atoms with Crippen molar-refractivity contribution in [2.75, 3.05) is 79.3 Å². The number of imidazole rings is 1. The molecule has 0 saturated carbocycles. The molecule has 2 aliphatic rings. The van der Waals surface area contributed by atoms with Crippen molar-refractivity contribution in [1.29, 1.82) is 0 Å². The summed E-state index contributed by atoms with van der Waals surface area (Å²) in [5.41, 5.74) is 3.95. The van der Waals surface area contributed by atoms with Gasteiger partial charge in [0.05, 0.1) is 6.33 Å². The van der Waals surface area contributed by atoms with E-state index < -0.39 is 0 Å². The first-order chi connectivity index (χ1) is 20.5. The Bertz CT molecular complexity index is 1530. The first kappa shape index (κ1) is 27.7. The van der Waals surface area contributed by atoms with Crippen LogP contribution in [0.25, 0.3) is 11.2 Å². The second kappa shape index (κ2) is 12.2. The number of halogens is 1. The Labute approximate surface area is 245 Å². The third-order valence-electron chi connectivity index (χ3n) is 8.03. The lowest BCUT2D eigenvalue weighted by molar-refractivity contribution is 0.208. The number of nitrogens with one attached hydrogen (secondary N) is 2. The number of amides is 2. The number of piperazine rings is 2. The number of fused-ring (bicyclic) bond motifs is 1. The van der Waals surface area contributed by atoms with Crippen molar-refractivity contribution in [3.63, 3.8) is 0 Å². The average molecular weight is 573 g/mol. The van der Waals surface area contributed by atoms with E-state index in [4.69, 9.17) is 9.97 Å². The van der Waals surface area contributed by atoms with E-state index in [0.717, 1.165) is 56.3 Å². The highest BCUT2D eigenvalue weighted by molar-refractivity contribution is 5.91. The van der Waals surface area contributed by atoms with Crippen molar-refractivity contribution in [1.82, 2.24) is 29.3 Å². The van der Waals surface area contributed by atoms with Crippen molar-refractivity contribution in [2.45, 2.75) is 20.4 Å². The van der Waals surface area contributed by atoms with Crippen LogP contribution in [0.2, 0.25) is 0 Å². The molecule has 2 saturated heterocycles. The lowest BCUT2D eigenvalue weighted by Gasteiger charge is -2.36. The van der Waals surface area contributed by atoms with Gasteiger partial charge in [-0.25, -0.2) is 14.2 Å². The predicted molar refractivity (Wildman–Crippen MR) is 164 cm³/mol. The third kappa shape index (κ3) is 5.94. The van der Waals surface area contributed by atoms with E-state index in [9.17, 15) is 9.18 Å². The number of likely N-dealkylation sites (N-methyl/N-ethyl adjacent to an activating group) is 1. The molecule has 0 spiro atoms. The maximum absolute atomic E-state index is 13.3. The summed E-state index contributed by atoms with van der Waals surface area (Å²) in [5, 5.41) is 6.48. The Morgan fingerprint density at radius 3 is 2.29 bits per heavy atom. The number of carbonyl (C=O) groups excluding carboxylic acids is 1. The van der Waals surface area contributed by atoms with Crippen molar-refractivity contribution >= 4 is 46.0 Å². The zero-order valence-electron chi connectivity index (χ0n) is 24.1. The van der Waals surface area contributed by atoms with Crippen LogP contribution in [0.3, 0.4) is 0 Å². The third-order valence-corrected chi connectivity index (χ3v) is 8.03. The Kier molecular flexibility index (Phi) is 8.04. The van der Waals surface area contributed by atoms with E-state index in [1.807, 2.05) is 28.8 Å². The zero-order chi connectivity index (χ0) is 29.1. The number of nitrogens with zero attached hydrogens (tertiary/aromatic N) is 8. The minimum Gasteiger partial charge on any atom is -0.368 e. The number of aryl methyl sites for hydroxylation is 1. The highest BCUT2D eigenvalue weighted by Crippen LogP contribution is 2.27. The number of urea groups is 1. The molecule has 2 N–H and O–H groups in total. The highest BCUT2D eigenvalue weighted by atomic mass is 19.1. The van der Waals surface area contributed by atoms with E-state index in [-0.39, 0.29) is 11.8 Å². The molecule has 4 heterocycles. The van der Waals surface area contributed by atoms with Gasteiger partial charge in [0.1, 0.15) is 5.82 Å². The Hall–Kier alpha value is -4.45. The molecule has 12 heteroatoms. The van der Waals surface area contributed by atoms with Crippen molar-refractivity contribution < 1.29 is 9.18 Å². The van der Waals surface area contributed by atoms with Crippen LogP contribution < -0.4 is 20.4 Å². The molecular weight excluding hydrogens is 535 g/mol. The van der Waals surface area contributed by atoms with Crippen LogP contribution in [-0.2, 0) is 6.54 Å². The molecule has 6 rings (SSSR count). The van der Waals surface area contributed by atoms with E-state index in [1.54, 1.807) is 23.4 Å². The lowest BCUT2D eigenvalue weighted by atomic mass is 10.2. The predicted octanol–water partition coefficient (Wildman–Crippen LogP) is 4.22. The molecule has 220 valence electrons. The summed E-state index contributed by atoms with van der Waals surface area (Å²) < 4.78 is 15.3. The average Bonchev–Trinajstić information content (AvgIpc) is 3.45. The maximum Gasteiger partial charge on any atom is 0.321 e. The molecule has 2 amide bonds. The second-order valence-corrected chi connectivity index (χ2v) is 10.6. The molecule has 2 aromatic carbocycles. The van der Waals surface area contributed by atoms with Crippen molar-refractivity contribution in [2.24, 2.45) is 0 Å². The first-order valence-corrected chi connectivity index (χ1v) is 14.6. The highest BCUT2D eigenvalue weighted by Gasteiger charge is 2.23. The van der Waals surface area contributed by atoms with E-state index >= 15 is 0 Å². The lowest BCUT2D eigenvalue weighted by Crippen LogP contribution is -2.50. The van der Waals surface area contributed by atoms with Crippen molar-refractivity contribution in [3.8, 4) is 0 Å².